The molecule has 3 heterocycles. The highest BCUT2D eigenvalue weighted by molar-refractivity contribution is 7.15. The fourth-order valence-corrected chi connectivity index (χ4v) is 4.19. The van der Waals surface area contributed by atoms with Gasteiger partial charge in [0.05, 0.1) is 11.6 Å². The molecule has 0 amide bonds. The van der Waals surface area contributed by atoms with Crippen molar-refractivity contribution in [3.05, 3.63) is 79.5 Å². The zero-order valence-corrected chi connectivity index (χ0v) is 17.2. The molecule has 0 spiro atoms. The fourth-order valence-electron chi connectivity index (χ4n) is 2.66. The molecular weight excluding hydrogens is 406 g/mol. The number of benzene rings is 1. The summed E-state index contributed by atoms with van der Waals surface area (Å²) in [6, 6.07) is 9.49. The predicted octanol–water partition coefficient (Wildman–Crippen LogP) is 3.50. The van der Waals surface area contributed by atoms with Crippen LogP contribution in [0.5, 0.6) is 11.5 Å². The molecule has 6 nitrogen and oxygen atoms in total. The van der Waals surface area contributed by atoms with Crippen molar-refractivity contribution in [2.24, 2.45) is 0 Å². The van der Waals surface area contributed by atoms with Gasteiger partial charge >= 0.3 is 0 Å². The molecule has 4 aromatic rings. The lowest BCUT2D eigenvalue weighted by Crippen LogP contribution is -2.23. The molecule has 146 valence electrons. The molecule has 0 aliphatic rings. The van der Waals surface area contributed by atoms with Gasteiger partial charge in [-0.1, -0.05) is 36.1 Å². The Labute approximate surface area is 174 Å². The molecule has 8 heteroatoms. The molecule has 0 unspecified atom stereocenters. The Morgan fingerprint density at radius 3 is 2.86 bits per heavy atom. The zero-order valence-electron chi connectivity index (χ0n) is 15.6. The Kier molecular flexibility index (Phi) is 5.55. The first kappa shape index (κ1) is 19.1. The number of nitrogens with zero attached hydrogens (tertiary/aromatic N) is 3. The molecule has 0 radical (unpaired) electrons. The standard InChI is InChI=1S/C21H17N3O3S2/c1-3-10-27-16-8-6-14(12-17(16)26-2)13-18-20(25)24-21(29-18)22-19(23-24)9-7-15-5-4-11-28-15/h3-9,11-13H,1,10H2,2H3/b9-7+,18-13+. The van der Waals surface area contributed by atoms with Gasteiger partial charge in [0.1, 0.15) is 6.61 Å². The van der Waals surface area contributed by atoms with Crippen molar-refractivity contribution in [2.75, 3.05) is 13.7 Å². The lowest BCUT2D eigenvalue weighted by atomic mass is 10.2. The Hall–Kier alpha value is -3.23. The van der Waals surface area contributed by atoms with Crippen molar-refractivity contribution in [3.8, 4) is 11.5 Å². The van der Waals surface area contributed by atoms with E-state index in [9.17, 15) is 4.79 Å². The maximum Gasteiger partial charge on any atom is 0.291 e. The number of hydrogen-bond donors (Lipinski definition) is 0. The van der Waals surface area contributed by atoms with Gasteiger partial charge in [0.25, 0.3) is 5.56 Å². The van der Waals surface area contributed by atoms with Gasteiger partial charge in [-0.2, -0.15) is 9.50 Å². The molecule has 0 saturated carbocycles. The summed E-state index contributed by atoms with van der Waals surface area (Å²) < 4.78 is 12.8. The Morgan fingerprint density at radius 2 is 2.14 bits per heavy atom. The van der Waals surface area contributed by atoms with Crippen molar-refractivity contribution in [1.82, 2.24) is 14.6 Å². The summed E-state index contributed by atoms with van der Waals surface area (Å²) in [6.45, 7) is 4.03. The molecular formula is C21H17N3O3S2. The molecule has 0 aliphatic carbocycles. The van der Waals surface area contributed by atoms with Crippen LogP contribution < -0.4 is 19.6 Å². The highest BCUT2D eigenvalue weighted by Crippen LogP contribution is 2.28. The number of thiazole rings is 1. The van der Waals surface area contributed by atoms with Crippen LogP contribution in [0.15, 0.2) is 53.2 Å². The predicted molar refractivity (Wildman–Crippen MR) is 118 cm³/mol. The van der Waals surface area contributed by atoms with Crippen molar-refractivity contribution in [2.45, 2.75) is 0 Å². The number of rotatable bonds is 7. The Bertz CT molecular complexity index is 1290. The summed E-state index contributed by atoms with van der Waals surface area (Å²) in [5, 5.41) is 6.31. The molecule has 3 aromatic heterocycles. The fraction of sp³-hybridized carbons (Fsp3) is 0.0952. The Balaban J connectivity index is 1.65. The molecule has 4 rings (SSSR count). The average molecular weight is 424 g/mol. The topological polar surface area (TPSA) is 65.7 Å². The third-order valence-corrected chi connectivity index (χ3v) is 5.78. The number of thiophene rings is 1. The molecule has 0 aliphatic heterocycles. The summed E-state index contributed by atoms with van der Waals surface area (Å²) in [5.74, 6) is 1.73. The lowest BCUT2D eigenvalue weighted by Gasteiger charge is -2.09. The normalized spacial score (nSPS) is 12.1. The van der Waals surface area contributed by atoms with E-state index in [0.717, 1.165) is 10.4 Å². The van der Waals surface area contributed by atoms with E-state index < -0.39 is 0 Å². The van der Waals surface area contributed by atoms with Gasteiger partial charge in [0.15, 0.2) is 17.3 Å². The van der Waals surface area contributed by atoms with E-state index in [1.165, 1.54) is 15.9 Å². The van der Waals surface area contributed by atoms with E-state index in [4.69, 9.17) is 9.47 Å². The van der Waals surface area contributed by atoms with Gasteiger partial charge < -0.3 is 9.47 Å². The van der Waals surface area contributed by atoms with E-state index in [1.807, 2.05) is 41.8 Å². The van der Waals surface area contributed by atoms with Crippen LogP contribution in [0.4, 0.5) is 0 Å². The van der Waals surface area contributed by atoms with Gasteiger partial charge in [-0.15, -0.1) is 16.4 Å². The number of methoxy groups -OCH3 is 1. The van der Waals surface area contributed by atoms with Crippen LogP contribution in [-0.2, 0) is 0 Å². The van der Waals surface area contributed by atoms with E-state index in [0.29, 0.717) is 33.4 Å². The highest BCUT2D eigenvalue weighted by atomic mass is 32.1. The number of ether oxygens (including phenoxy) is 2. The summed E-state index contributed by atoms with van der Waals surface area (Å²) in [5.41, 5.74) is 0.631. The Morgan fingerprint density at radius 1 is 1.24 bits per heavy atom. The summed E-state index contributed by atoms with van der Waals surface area (Å²) in [6.07, 6.45) is 7.21. The van der Waals surface area contributed by atoms with Gasteiger partial charge in [0, 0.05) is 4.88 Å². The molecule has 1 aromatic carbocycles. The second-order valence-corrected chi connectivity index (χ2v) is 7.93. The molecule has 29 heavy (non-hydrogen) atoms. The van der Waals surface area contributed by atoms with Crippen LogP contribution in [0.25, 0.3) is 23.2 Å². The van der Waals surface area contributed by atoms with Gasteiger partial charge in [0.2, 0.25) is 4.96 Å². The van der Waals surface area contributed by atoms with Crippen LogP contribution in [0.1, 0.15) is 16.3 Å². The minimum atomic E-state index is -0.195. The first-order chi connectivity index (χ1) is 14.2. The third-order valence-electron chi connectivity index (χ3n) is 3.98. The SMILES string of the molecule is C=CCOc1ccc(/C=c2/sc3nc(/C=C/c4cccs4)nn3c2=O)cc1OC. The largest absolute Gasteiger partial charge is 0.493 e. The van der Waals surface area contributed by atoms with Gasteiger partial charge in [-0.25, -0.2) is 0 Å². The molecule has 0 saturated heterocycles. The van der Waals surface area contributed by atoms with Crippen LogP contribution in [0.2, 0.25) is 0 Å². The average Bonchev–Trinajstić information content (AvgIpc) is 3.44. The van der Waals surface area contributed by atoms with Crippen LogP contribution in [-0.4, -0.2) is 28.3 Å². The van der Waals surface area contributed by atoms with E-state index in [2.05, 4.69) is 16.7 Å². The van der Waals surface area contributed by atoms with Crippen LogP contribution in [0, 0.1) is 0 Å². The first-order valence-corrected chi connectivity index (χ1v) is 10.4. The zero-order chi connectivity index (χ0) is 20.2. The second-order valence-electron chi connectivity index (χ2n) is 5.94. The summed E-state index contributed by atoms with van der Waals surface area (Å²) >= 11 is 2.93. The molecule has 0 N–H and O–H groups in total. The number of aromatic nitrogens is 3. The van der Waals surface area contributed by atoms with Gasteiger partial charge in [-0.05, 0) is 47.4 Å². The van der Waals surface area contributed by atoms with Crippen molar-refractivity contribution in [3.63, 3.8) is 0 Å². The van der Waals surface area contributed by atoms with Crippen LogP contribution >= 0.6 is 22.7 Å². The lowest BCUT2D eigenvalue weighted by molar-refractivity contribution is 0.326. The maximum atomic E-state index is 12.7. The van der Waals surface area contributed by atoms with Crippen molar-refractivity contribution < 1.29 is 9.47 Å². The molecule has 0 bridgehead atoms. The van der Waals surface area contributed by atoms with Crippen molar-refractivity contribution in [1.29, 1.82) is 0 Å². The third kappa shape index (κ3) is 4.13. The number of hydrogen-bond acceptors (Lipinski definition) is 7. The number of fused-ring (bicyclic) bond motifs is 1. The minimum absolute atomic E-state index is 0.195. The van der Waals surface area contributed by atoms with E-state index in [-0.39, 0.29) is 5.56 Å². The van der Waals surface area contributed by atoms with E-state index >= 15 is 0 Å². The first-order valence-electron chi connectivity index (χ1n) is 8.72. The summed E-state index contributed by atoms with van der Waals surface area (Å²) in [7, 11) is 1.58. The highest BCUT2D eigenvalue weighted by Gasteiger charge is 2.10. The van der Waals surface area contributed by atoms with Crippen molar-refractivity contribution >= 4 is 45.9 Å². The quantitative estimate of drug-likeness (QED) is 0.426. The van der Waals surface area contributed by atoms with E-state index in [1.54, 1.807) is 36.7 Å². The smallest absolute Gasteiger partial charge is 0.291 e. The van der Waals surface area contributed by atoms with Gasteiger partial charge in [-0.3, -0.25) is 4.79 Å². The molecule has 0 atom stereocenters. The van der Waals surface area contributed by atoms with Crippen LogP contribution in [0.3, 0.4) is 0 Å². The molecule has 0 fully saturated rings. The minimum Gasteiger partial charge on any atom is -0.493 e. The maximum absolute atomic E-state index is 12.7. The summed E-state index contributed by atoms with van der Waals surface area (Å²) in [4.78, 5) is 18.8. The monoisotopic (exact) mass is 423 g/mol. The second kappa shape index (κ2) is 8.42.